The molecule has 9 nitrogen and oxygen atoms in total. The first-order chi connectivity index (χ1) is 20.4. The van der Waals surface area contributed by atoms with E-state index in [4.69, 9.17) is 9.84 Å². The van der Waals surface area contributed by atoms with Gasteiger partial charge in [0.15, 0.2) is 0 Å². The van der Waals surface area contributed by atoms with Crippen LogP contribution in [0.2, 0.25) is 0 Å². The van der Waals surface area contributed by atoms with Crippen LogP contribution in [-0.4, -0.2) is 124 Å². The fourth-order valence-corrected chi connectivity index (χ4v) is 6.95. The van der Waals surface area contributed by atoms with E-state index < -0.39 is 42.8 Å². The van der Waals surface area contributed by atoms with Gasteiger partial charge in [0, 0.05) is 86.1 Å². The maximum atomic E-state index is 14.0. The predicted molar refractivity (Wildman–Crippen MR) is 149 cm³/mol. The van der Waals surface area contributed by atoms with E-state index in [0.29, 0.717) is 62.6 Å². The van der Waals surface area contributed by atoms with Crippen LogP contribution in [0.25, 0.3) is 11.3 Å². The van der Waals surface area contributed by atoms with Gasteiger partial charge in [0.25, 0.3) is 5.92 Å². The number of carbonyl (C=O) groups is 1. The minimum Gasteiger partial charge on any atom is -0.390 e. The van der Waals surface area contributed by atoms with Crippen molar-refractivity contribution in [1.29, 1.82) is 0 Å². The highest BCUT2D eigenvalue weighted by molar-refractivity contribution is 7.99. The molecule has 0 spiro atoms. The van der Waals surface area contributed by atoms with E-state index in [1.807, 2.05) is 0 Å². The van der Waals surface area contributed by atoms with Crippen molar-refractivity contribution in [2.24, 2.45) is 0 Å². The molecular weight excluding hydrogens is 597 g/mol. The van der Waals surface area contributed by atoms with Crippen molar-refractivity contribution < 1.29 is 41.7 Å². The van der Waals surface area contributed by atoms with Crippen molar-refractivity contribution in [1.82, 2.24) is 24.5 Å². The molecule has 0 aliphatic carbocycles. The van der Waals surface area contributed by atoms with Crippen molar-refractivity contribution in [2.75, 3.05) is 71.4 Å². The Hall–Kier alpha value is -2.30. The molecule has 1 atom stereocenters. The highest BCUT2D eigenvalue weighted by atomic mass is 32.2. The Morgan fingerprint density at radius 2 is 1.88 bits per heavy atom. The Labute approximate surface area is 250 Å². The Kier molecular flexibility index (Phi) is 9.98. The number of fused-ring (bicyclic) bond motifs is 1. The molecule has 15 heteroatoms. The van der Waals surface area contributed by atoms with E-state index in [-0.39, 0.29) is 43.2 Å². The predicted octanol–water partition coefficient (Wildman–Crippen LogP) is 2.57. The molecular formula is C28H36F5N5O4S. The normalized spacial score (nSPS) is 20.4. The summed E-state index contributed by atoms with van der Waals surface area (Å²) in [5.41, 5.74) is 1.43. The van der Waals surface area contributed by atoms with Crippen LogP contribution in [0.5, 0.6) is 0 Å². The Morgan fingerprint density at radius 3 is 2.56 bits per heavy atom. The first kappa shape index (κ1) is 32.1. The van der Waals surface area contributed by atoms with Crippen molar-refractivity contribution in [3.8, 4) is 11.3 Å². The molecule has 3 aliphatic rings. The number of thioether (sulfide) groups is 1. The van der Waals surface area contributed by atoms with Crippen LogP contribution in [0.15, 0.2) is 23.1 Å². The molecule has 2 fully saturated rings. The second-order valence-corrected chi connectivity index (χ2v) is 12.3. The summed E-state index contributed by atoms with van der Waals surface area (Å²) in [5.74, 6) is -3.05. The number of hydrogen-bond acceptors (Lipinski definition) is 8. The van der Waals surface area contributed by atoms with Gasteiger partial charge in [0.2, 0.25) is 5.91 Å². The summed E-state index contributed by atoms with van der Waals surface area (Å²) >= 11 is 0.959. The van der Waals surface area contributed by atoms with E-state index in [1.54, 1.807) is 9.58 Å². The molecule has 2 N–H and O–H groups in total. The van der Waals surface area contributed by atoms with Crippen molar-refractivity contribution in [3.05, 3.63) is 35.0 Å². The van der Waals surface area contributed by atoms with E-state index in [2.05, 4.69) is 4.90 Å². The number of alkyl halides is 5. The molecule has 2 aromatic rings. The van der Waals surface area contributed by atoms with Crippen molar-refractivity contribution >= 4 is 17.7 Å². The van der Waals surface area contributed by atoms with Gasteiger partial charge in [0.1, 0.15) is 6.61 Å². The molecule has 0 saturated carbocycles. The van der Waals surface area contributed by atoms with Gasteiger partial charge in [-0.3, -0.25) is 19.3 Å². The summed E-state index contributed by atoms with van der Waals surface area (Å²) in [5, 5.41) is 25.0. The van der Waals surface area contributed by atoms with Gasteiger partial charge in [-0.1, -0.05) is 6.07 Å². The molecule has 3 aliphatic heterocycles. The Balaban J connectivity index is 1.42. The monoisotopic (exact) mass is 633 g/mol. The van der Waals surface area contributed by atoms with Crippen LogP contribution >= 0.6 is 11.8 Å². The number of benzene rings is 1. The molecule has 43 heavy (non-hydrogen) atoms. The van der Waals surface area contributed by atoms with Crippen LogP contribution in [0.3, 0.4) is 0 Å². The SMILES string of the molecule is O=C(CO)N1CCc2c(c(-c3ccc(C(F)(F)F)c(SCCN4CCC(F)(F)C4)c3)nn2CC(O)CN2CCOCC2)C1. The van der Waals surface area contributed by atoms with E-state index in [9.17, 15) is 37.0 Å². The number of aliphatic hydroxyl groups excluding tert-OH is 2. The van der Waals surface area contributed by atoms with Gasteiger partial charge in [-0.2, -0.15) is 18.3 Å². The number of hydrogen-bond donors (Lipinski definition) is 2. The van der Waals surface area contributed by atoms with Crippen LogP contribution in [0, 0.1) is 0 Å². The quantitative estimate of drug-likeness (QED) is 0.305. The number of amides is 1. The maximum Gasteiger partial charge on any atom is 0.417 e. The van der Waals surface area contributed by atoms with Crippen LogP contribution in [0.4, 0.5) is 22.0 Å². The molecule has 5 rings (SSSR count). The zero-order valence-electron chi connectivity index (χ0n) is 23.7. The standard InChI is InChI=1S/C28H36F5N5O4S/c29-27(30)4-6-36(18-27)9-12-43-24-13-19(1-2-22(24)28(31,32)33)26-21-16-37(25(41)17-39)5-3-23(21)38(34-26)15-20(40)14-35-7-10-42-11-8-35/h1-2,13,20,39-40H,3-12,14-18H2. The number of ether oxygens (including phenoxy) is 1. The molecule has 1 aromatic carbocycles. The number of aromatic nitrogens is 2. The number of rotatable bonds is 10. The molecule has 4 heterocycles. The summed E-state index contributed by atoms with van der Waals surface area (Å²) < 4.78 is 76.1. The minimum atomic E-state index is -4.62. The number of morpholine rings is 1. The minimum absolute atomic E-state index is 0.0364. The first-order valence-electron chi connectivity index (χ1n) is 14.3. The Bertz CT molecular complexity index is 1290. The maximum absolute atomic E-state index is 14.0. The smallest absolute Gasteiger partial charge is 0.390 e. The Morgan fingerprint density at radius 1 is 1.12 bits per heavy atom. The van der Waals surface area contributed by atoms with Crippen molar-refractivity contribution in [2.45, 2.75) is 49.0 Å². The third-order valence-electron chi connectivity index (χ3n) is 8.05. The molecule has 0 bridgehead atoms. The van der Waals surface area contributed by atoms with Crippen molar-refractivity contribution in [3.63, 3.8) is 0 Å². The number of nitrogens with zero attached hydrogens (tertiary/aromatic N) is 5. The fraction of sp³-hybridized carbons (Fsp3) is 0.643. The van der Waals surface area contributed by atoms with Gasteiger partial charge in [0.05, 0.1) is 43.7 Å². The van der Waals surface area contributed by atoms with E-state index in [1.165, 1.54) is 17.0 Å². The summed E-state index contributed by atoms with van der Waals surface area (Å²) in [7, 11) is 0. The average Bonchev–Trinajstić information content (AvgIpc) is 3.50. The second kappa shape index (κ2) is 13.4. The number of halogens is 5. The summed E-state index contributed by atoms with van der Waals surface area (Å²) in [6, 6.07) is 3.76. The third kappa shape index (κ3) is 7.87. The molecule has 0 radical (unpaired) electrons. The lowest BCUT2D eigenvalue weighted by molar-refractivity contribution is -0.139. The lowest BCUT2D eigenvalue weighted by Crippen LogP contribution is -2.42. The zero-order valence-corrected chi connectivity index (χ0v) is 24.5. The molecule has 2 saturated heterocycles. The van der Waals surface area contributed by atoms with Gasteiger partial charge in [-0.05, 0) is 12.1 Å². The van der Waals surface area contributed by atoms with Crippen LogP contribution in [0.1, 0.15) is 23.2 Å². The molecule has 1 amide bonds. The van der Waals surface area contributed by atoms with E-state index >= 15 is 0 Å². The van der Waals surface area contributed by atoms with Gasteiger partial charge < -0.3 is 19.8 Å². The number of carbonyl (C=O) groups excluding carboxylic acids is 1. The molecule has 238 valence electrons. The topological polar surface area (TPSA) is 94.3 Å². The van der Waals surface area contributed by atoms with E-state index in [0.717, 1.165) is 23.5 Å². The average molecular weight is 634 g/mol. The number of likely N-dealkylation sites (tertiary alicyclic amines) is 1. The van der Waals surface area contributed by atoms with Gasteiger partial charge in [-0.15, -0.1) is 11.8 Å². The largest absolute Gasteiger partial charge is 0.417 e. The lowest BCUT2D eigenvalue weighted by Gasteiger charge is -2.29. The summed E-state index contributed by atoms with van der Waals surface area (Å²) in [6.45, 7) is 2.95. The van der Waals surface area contributed by atoms with Crippen LogP contribution in [-0.2, 0) is 35.2 Å². The first-order valence-corrected chi connectivity index (χ1v) is 15.3. The summed E-state index contributed by atoms with van der Waals surface area (Å²) in [4.78, 5) is 17.4. The highest BCUT2D eigenvalue weighted by Gasteiger charge is 2.38. The summed E-state index contributed by atoms with van der Waals surface area (Å²) in [6.07, 6.45) is -5.23. The molecule has 1 unspecified atom stereocenters. The third-order valence-corrected chi connectivity index (χ3v) is 9.09. The second-order valence-electron chi connectivity index (χ2n) is 11.2. The zero-order chi connectivity index (χ0) is 30.8. The highest BCUT2D eigenvalue weighted by Crippen LogP contribution is 2.40. The fourth-order valence-electron chi connectivity index (χ4n) is 5.83. The van der Waals surface area contributed by atoms with Gasteiger partial charge >= 0.3 is 6.18 Å². The van der Waals surface area contributed by atoms with Gasteiger partial charge in [-0.25, -0.2) is 8.78 Å². The lowest BCUT2D eigenvalue weighted by atomic mass is 9.99. The number of aliphatic hydroxyl groups is 2. The molecule has 1 aromatic heterocycles. The number of β-amino-alcohol motifs (C(OH)–C–C–N with tert-alkyl or cyclic N) is 1. The van der Waals surface area contributed by atoms with Crippen LogP contribution < -0.4 is 0 Å².